The Hall–Kier alpha value is -1.88. The monoisotopic (exact) mass is 316 g/mol. The van der Waals surface area contributed by atoms with Crippen molar-refractivity contribution < 1.29 is 9.53 Å². The van der Waals surface area contributed by atoms with Crippen LogP contribution in [-0.4, -0.2) is 35.0 Å². The minimum Gasteiger partial charge on any atom is -0.494 e. The number of benzene rings is 1. The van der Waals surface area contributed by atoms with E-state index >= 15 is 0 Å². The summed E-state index contributed by atoms with van der Waals surface area (Å²) >= 11 is 1.51. The van der Waals surface area contributed by atoms with Crippen LogP contribution in [0.15, 0.2) is 29.6 Å². The molecule has 0 radical (unpaired) electrons. The van der Waals surface area contributed by atoms with E-state index in [1.54, 1.807) is 0 Å². The lowest BCUT2D eigenvalue weighted by Gasteiger charge is -2.19. The van der Waals surface area contributed by atoms with Gasteiger partial charge in [0, 0.05) is 23.5 Å². The van der Waals surface area contributed by atoms with Crippen LogP contribution in [0.1, 0.15) is 37.2 Å². The molecule has 0 unspecified atom stereocenters. The van der Waals surface area contributed by atoms with Gasteiger partial charge < -0.3 is 9.64 Å². The Morgan fingerprint density at radius 1 is 1.41 bits per heavy atom. The van der Waals surface area contributed by atoms with Gasteiger partial charge in [-0.2, -0.15) is 0 Å². The standard InChI is InChI=1S/C17H20N2O2S/c1-3-21-14-8-6-13(7-9-14)16-18-15(11-22-16)17(20)19-10-4-5-12(19)2/h6-9,11-12H,3-5,10H2,1-2H3/t12-/m0/s1. The molecular formula is C17H20N2O2S. The minimum absolute atomic E-state index is 0.0541. The highest BCUT2D eigenvalue weighted by Crippen LogP contribution is 2.27. The lowest BCUT2D eigenvalue weighted by Crippen LogP contribution is -2.33. The first-order chi connectivity index (χ1) is 10.7. The average molecular weight is 316 g/mol. The fourth-order valence-electron chi connectivity index (χ4n) is 2.75. The van der Waals surface area contributed by atoms with E-state index in [1.165, 1.54) is 11.3 Å². The first-order valence-corrected chi connectivity index (χ1v) is 8.56. The van der Waals surface area contributed by atoms with Crippen LogP contribution in [-0.2, 0) is 0 Å². The van der Waals surface area contributed by atoms with Gasteiger partial charge in [-0.15, -0.1) is 11.3 Å². The van der Waals surface area contributed by atoms with Crippen LogP contribution in [0.25, 0.3) is 10.6 Å². The van der Waals surface area contributed by atoms with Gasteiger partial charge in [0.15, 0.2) is 0 Å². The molecule has 1 aliphatic heterocycles. The van der Waals surface area contributed by atoms with E-state index in [9.17, 15) is 4.79 Å². The van der Waals surface area contributed by atoms with Gasteiger partial charge in [-0.05, 0) is 51.0 Å². The van der Waals surface area contributed by atoms with Gasteiger partial charge >= 0.3 is 0 Å². The number of thiazole rings is 1. The third-order valence-corrected chi connectivity index (χ3v) is 4.84. The molecule has 116 valence electrons. The van der Waals surface area contributed by atoms with E-state index in [4.69, 9.17) is 4.74 Å². The van der Waals surface area contributed by atoms with Gasteiger partial charge in [0.1, 0.15) is 16.5 Å². The van der Waals surface area contributed by atoms with Crippen LogP contribution >= 0.6 is 11.3 Å². The summed E-state index contributed by atoms with van der Waals surface area (Å²) in [5.74, 6) is 0.906. The zero-order valence-corrected chi connectivity index (χ0v) is 13.7. The number of aromatic nitrogens is 1. The summed E-state index contributed by atoms with van der Waals surface area (Å²) in [5.41, 5.74) is 1.57. The highest BCUT2D eigenvalue weighted by molar-refractivity contribution is 7.13. The zero-order valence-electron chi connectivity index (χ0n) is 12.9. The molecule has 1 aliphatic rings. The van der Waals surface area contributed by atoms with Crippen LogP contribution in [0.5, 0.6) is 5.75 Å². The van der Waals surface area contributed by atoms with E-state index in [0.29, 0.717) is 18.3 Å². The number of rotatable bonds is 4. The molecule has 5 heteroatoms. The fraction of sp³-hybridized carbons (Fsp3) is 0.412. The fourth-order valence-corrected chi connectivity index (χ4v) is 3.55. The van der Waals surface area contributed by atoms with Gasteiger partial charge in [0.05, 0.1) is 6.61 Å². The van der Waals surface area contributed by atoms with Crippen molar-refractivity contribution in [3.8, 4) is 16.3 Å². The number of likely N-dealkylation sites (tertiary alicyclic amines) is 1. The first-order valence-electron chi connectivity index (χ1n) is 7.68. The van der Waals surface area contributed by atoms with Crippen LogP contribution < -0.4 is 4.74 Å². The van der Waals surface area contributed by atoms with Crippen molar-refractivity contribution in [3.63, 3.8) is 0 Å². The largest absolute Gasteiger partial charge is 0.494 e. The Morgan fingerprint density at radius 2 is 2.18 bits per heavy atom. The van der Waals surface area contributed by atoms with E-state index in [2.05, 4.69) is 11.9 Å². The molecule has 2 heterocycles. The maximum atomic E-state index is 12.5. The quantitative estimate of drug-likeness (QED) is 0.861. The maximum Gasteiger partial charge on any atom is 0.273 e. The SMILES string of the molecule is CCOc1ccc(-c2nc(C(=O)N3CCC[C@@H]3C)cs2)cc1. The van der Waals surface area contributed by atoms with Crippen molar-refractivity contribution >= 4 is 17.2 Å². The van der Waals surface area contributed by atoms with Crippen molar-refractivity contribution in [2.45, 2.75) is 32.7 Å². The normalized spacial score (nSPS) is 17.7. The van der Waals surface area contributed by atoms with Gasteiger partial charge in [-0.3, -0.25) is 4.79 Å². The van der Waals surface area contributed by atoms with Crippen molar-refractivity contribution in [1.82, 2.24) is 9.88 Å². The molecule has 4 nitrogen and oxygen atoms in total. The van der Waals surface area contributed by atoms with Gasteiger partial charge in [-0.25, -0.2) is 4.98 Å². The average Bonchev–Trinajstić information content (AvgIpc) is 3.17. The Morgan fingerprint density at radius 3 is 2.82 bits per heavy atom. The Balaban J connectivity index is 1.77. The molecule has 0 spiro atoms. The summed E-state index contributed by atoms with van der Waals surface area (Å²) < 4.78 is 5.44. The molecule has 3 rings (SSSR count). The molecule has 0 saturated carbocycles. The first kappa shape index (κ1) is 15.0. The number of carbonyl (C=O) groups is 1. The lowest BCUT2D eigenvalue weighted by atomic mass is 10.2. The van der Waals surface area contributed by atoms with Crippen LogP contribution in [0.3, 0.4) is 0 Å². The summed E-state index contributed by atoms with van der Waals surface area (Å²) in [4.78, 5) is 18.9. The molecule has 1 fully saturated rings. The summed E-state index contributed by atoms with van der Waals surface area (Å²) in [6.45, 7) is 5.57. The second-order valence-electron chi connectivity index (χ2n) is 5.49. The molecule has 0 bridgehead atoms. The maximum absolute atomic E-state index is 12.5. The number of amides is 1. The molecule has 1 atom stereocenters. The number of carbonyl (C=O) groups excluding carboxylic acids is 1. The van der Waals surface area contributed by atoms with E-state index in [1.807, 2.05) is 41.5 Å². The summed E-state index contributed by atoms with van der Waals surface area (Å²) in [6, 6.07) is 8.16. The Bertz CT molecular complexity index is 651. The molecule has 0 aliphatic carbocycles. The smallest absolute Gasteiger partial charge is 0.273 e. The zero-order chi connectivity index (χ0) is 15.5. The lowest BCUT2D eigenvalue weighted by molar-refractivity contribution is 0.0742. The predicted molar refractivity (Wildman–Crippen MR) is 88.5 cm³/mol. The van der Waals surface area contributed by atoms with Crippen molar-refractivity contribution in [2.75, 3.05) is 13.2 Å². The van der Waals surface area contributed by atoms with Crippen molar-refractivity contribution in [1.29, 1.82) is 0 Å². The molecular weight excluding hydrogens is 296 g/mol. The summed E-state index contributed by atoms with van der Waals surface area (Å²) in [7, 11) is 0. The van der Waals surface area contributed by atoms with Crippen molar-refractivity contribution in [2.24, 2.45) is 0 Å². The summed E-state index contributed by atoms with van der Waals surface area (Å²) in [5, 5.41) is 2.73. The highest BCUT2D eigenvalue weighted by atomic mass is 32.1. The summed E-state index contributed by atoms with van der Waals surface area (Å²) in [6.07, 6.45) is 2.17. The number of ether oxygens (including phenoxy) is 1. The number of hydrogen-bond donors (Lipinski definition) is 0. The van der Waals surface area contributed by atoms with E-state index < -0.39 is 0 Å². The van der Waals surface area contributed by atoms with E-state index in [0.717, 1.165) is 35.7 Å². The second kappa shape index (κ2) is 6.48. The number of hydrogen-bond acceptors (Lipinski definition) is 4. The van der Waals surface area contributed by atoms with Gasteiger partial charge in [0.25, 0.3) is 5.91 Å². The molecule has 1 saturated heterocycles. The van der Waals surface area contributed by atoms with Crippen LogP contribution in [0.2, 0.25) is 0 Å². The molecule has 2 aromatic rings. The third-order valence-electron chi connectivity index (χ3n) is 3.95. The Kier molecular flexibility index (Phi) is 4.43. The molecule has 1 aromatic heterocycles. The van der Waals surface area contributed by atoms with Gasteiger partial charge in [-0.1, -0.05) is 0 Å². The molecule has 0 N–H and O–H groups in total. The minimum atomic E-state index is 0.0541. The van der Waals surface area contributed by atoms with Crippen LogP contribution in [0.4, 0.5) is 0 Å². The molecule has 1 amide bonds. The highest BCUT2D eigenvalue weighted by Gasteiger charge is 2.27. The predicted octanol–water partition coefficient (Wildman–Crippen LogP) is 3.83. The van der Waals surface area contributed by atoms with Crippen LogP contribution in [0, 0.1) is 0 Å². The van der Waals surface area contributed by atoms with Crippen molar-refractivity contribution in [3.05, 3.63) is 35.3 Å². The topological polar surface area (TPSA) is 42.4 Å². The third kappa shape index (κ3) is 2.99. The molecule has 1 aromatic carbocycles. The second-order valence-corrected chi connectivity index (χ2v) is 6.34. The Labute approximate surface area is 134 Å². The molecule has 22 heavy (non-hydrogen) atoms. The van der Waals surface area contributed by atoms with E-state index in [-0.39, 0.29) is 5.91 Å². The number of nitrogens with zero attached hydrogens (tertiary/aromatic N) is 2. The van der Waals surface area contributed by atoms with Gasteiger partial charge in [0.2, 0.25) is 0 Å².